The number of ketones is 2. The molecule has 2 aromatic heterocycles. The largest absolute Gasteiger partial charge is 0.364 e. The molecule has 0 radical (unpaired) electrons. The number of rotatable bonds is 3. The van der Waals surface area contributed by atoms with Gasteiger partial charge in [-0.3, -0.25) is 19.3 Å². The maximum atomic E-state index is 14.0. The summed E-state index contributed by atoms with van der Waals surface area (Å²) in [5.74, 6) is -1.36. The molecule has 8 nitrogen and oxygen atoms in total. The summed E-state index contributed by atoms with van der Waals surface area (Å²) in [6, 6.07) is 24.2. The van der Waals surface area contributed by atoms with Gasteiger partial charge in [-0.2, -0.15) is 4.57 Å². The van der Waals surface area contributed by atoms with Gasteiger partial charge >= 0.3 is 5.91 Å². The van der Waals surface area contributed by atoms with Crippen LogP contribution in [0.3, 0.4) is 0 Å². The van der Waals surface area contributed by atoms with E-state index in [9.17, 15) is 19.5 Å². The van der Waals surface area contributed by atoms with Crippen molar-refractivity contribution >= 4 is 28.8 Å². The third-order valence-electron chi connectivity index (χ3n) is 7.00. The van der Waals surface area contributed by atoms with Gasteiger partial charge in [0.25, 0.3) is 5.69 Å². The van der Waals surface area contributed by atoms with E-state index >= 15 is 0 Å². The highest BCUT2D eigenvalue weighted by Gasteiger charge is 2.48. The highest BCUT2D eigenvalue weighted by atomic mass is 16.3. The molecule has 1 unspecified atom stereocenters. The Morgan fingerprint density at radius 3 is 1.95 bits per heavy atom. The van der Waals surface area contributed by atoms with Gasteiger partial charge in [0, 0.05) is 35.4 Å². The van der Waals surface area contributed by atoms with E-state index in [-0.39, 0.29) is 11.4 Å². The van der Waals surface area contributed by atoms with Gasteiger partial charge in [-0.05, 0) is 36.4 Å². The van der Waals surface area contributed by atoms with Crippen LogP contribution in [-0.4, -0.2) is 22.6 Å². The average Bonchev–Trinajstić information content (AvgIpc) is 3.39. The summed E-state index contributed by atoms with van der Waals surface area (Å²) < 4.78 is 3.41. The van der Waals surface area contributed by atoms with Crippen molar-refractivity contribution in [3.8, 4) is 0 Å². The van der Waals surface area contributed by atoms with Gasteiger partial charge in [-0.1, -0.05) is 24.3 Å². The van der Waals surface area contributed by atoms with E-state index in [1.165, 1.54) is 9.80 Å². The van der Waals surface area contributed by atoms with Crippen LogP contribution in [0.5, 0.6) is 0 Å². The van der Waals surface area contributed by atoms with Crippen LogP contribution < -0.4 is 18.9 Å². The fourth-order valence-corrected chi connectivity index (χ4v) is 5.14. The minimum absolute atomic E-state index is 0.0457. The monoisotopic (exact) mass is 504 g/mol. The molecule has 0 saturated heterocycles. The van der Waals surface area contributed by atoms with Crippen molar-refractivity contribution in [2.45, 2.75) is 6.23 Å². The smallest absolute Gasteiger partial charge is 0.327 e. The number of benzene rings is 2. The fraction of sp³-hybridized carbons (Fsp3) is 0.100. The summed E-state index contributed by atoms with van der Waals surface area (Å²) in [5.41, 5.74) is 2.20. The lowest BCUT2D eigenvalue weighted by Gasteiger charge is -2.27. The highest BCUT2D eigenvalue weighted by molar-refractivity contribution is 6.32. The first kappa shape index (κ1) is 23.4. The molecular formula is C30H24N4O4+2. The second-order valence-corrected chi connectivity index (χ2v) is 9.21. The Bertz CT molecular complexity index is 1690. The molecular weight excluding hydrogens is 480 g/mol. The molecule has 0 saturated carbocycles. The van der Waals surface area contributed by atoms with Gasteiger partial charge in [-0.25, -0.2) is 4.57 Å². The maximum absolute atomic E-state index is 14.0. The number of amides is 1. The Labute approximate surface area is 218 Å². The van der Waals surface area contributed by atoms with Crippen molar-refractivity contribution < 1.29 is 28.6 Å². The first-order valence-electron chi connectivity index (χ1n) is 12.1. The van der Waals surface area contributed by atoms with Crippen molar-refractivity contribution in [3.63, 3.8) is 0 Å². The van der Waals surface area contributed by atoms with Gasteiger partial charge < -0.3 is 10.0 Å². The van der Waals surface area contributed by atoms with E-state index in [2.05, 4.69) is 0 Å². The lowest BCUT2D eigenvalue weighted by Crippen LogP contribution is -2.44. The number of aromatic nitrogens is 2. The summed E-state index contributed by atoms with van der Waals surface area (Å²) in [5, 5.41) is 11.7. The second kappa shape index (κ2) is 8.86. The summed E-state index contributed by atoms with van der Waals surface area (Å²) in [6.07, 6.45) is 2.22. The number of carbonyl (C=O) groups excluding carboxylic acids is 3. The van der Waals surface area contributed by atoms with Crippen molar-refractivity contribution in [1.29, 1.82) is 0 Å². The third kappa shape index (κ3) is 3.38. The Balaban J connectivity index is 1.63. The predicted octanol–water partition coefficient (Wildman–Crippen LogP) is 2.78. The molecule has 1 N–H and O–H groups in total. The van der Waals surface area contributed by atoms with Gasteiger partial charge in [0.05, 0.1) is 11.4 Å². The Kier molecular flexibility index (Phi) is 5.47. The number of Topliss-reactive ketones (excluding diaryl/α,β-unsaturated/α-hetero) is 2. The van der Waals surface area contributed by atoms with Crippen LogP contribution in [-0.2, 0) is 14.1 Å². The molecule has 1 amide bonds. The van der Waals surface area contributed by atoms with Crippen molar-refractivity contribution in [2.24, 2.45) is 14.1 Å². The summed E-state index contributed by atoms with van der Waals surface area (Å²) in [6.45, 7) is 0. The van der Waals surface area contributed by atoms with Crippen LogP contribution in [0, 0.1) is 0 Å². The zero-order valence-corrected chi connectivity index (χ0v) is 20.8. The number of aryl methyl sites for hydroxylation is 2. The van der Waals surface area contributed by atoms with Gasteiger partial charge in [0.2, 0.25) is 23.5 Å². The molecule has 2 aliphatic heterocycles. The number of para-hydroxylation sites is 2. The number of hydrogen-bond acceptors (Lipinski definition) is 5. The number of nitrogens with zero attached hydrogens (tertiary/aromatic N) is 4. The third-order valence-corrected chi connectivity index (χ3v) is 7.00. The van der Waals surface area contributed by atoms with E-state index in [0.717, 1.165) is 0 Å². The quantitative estimate of drug-likeness (QED) is 0.343. The van der Waals surface area contributed by atoms with Crippen LogP contribution in [0.2, 0.25) is 0 Å². The van der Waals surface area contributed by atoms with E-state index in [1.54, 1.807) is 114 Å². The summed E-state index contributed by atoms with van der Waals surface area (Å²) in [4.78, 5) is 44.7. The number of carbonyl (C=O) groups is 3. The minimum atomic E-state index is -1.31. The zero-order valence-electron chi connectivity index (χ0n) is 20.8. The van der Waals surface area contributed by atoms with E-state index in [0.29, 0.717) is 33.9 Å². The normalized spacial score (nSPS) is 17.0. The lowest BCUT2D eigenvalue weighted by atomic mass is 10.1. The molecule has 2 aliphatic rings. The standard InChI is InChI=1S/C30H24N4O4/c1-31-17-9-7-15-23(31)29(37)33-21-13-5-3-11-19(21)27(35)25(33)26-28(36)20-12-4-6-14-22(20)34(26)30(38)24-16-8-10-18-32(24)2/h3-18,29,37H,1-2H3/q+2/b26-25+. The van der Waals surface area contributed by atoms with Crippen LogP contribution in [0.1, 0.15) is 43.1 Å². The lowest BCUT2D eigenvalue weighted by molar-refractivity contribution is -0.682. The molecule has 0 fully saturated rings. The van der Waals surface area contributed by atoms with E-state index in [1.807, 2.05) is 6.07 Å². The molecule has 4 aromatic rings. The van der Waals surface area contributed by atoms with Crippen molar-refractivity contribution in [3.05, 3.63) is 131 Å². The molecule has 186 valence electrons. The molecule has 4 heterocycles. The first-order valence-corrected chi connectivity index (χ1v) is 12.1. The second-order valence-electron chi connectivity index (χ2n) is 9.21. The molecule has 8 heteroatoms. The summed E-state index contributed by atoms with van der Waals surface area (Å²) >= 11 is 0. The zero-order chi connectivity index (χ0) is 26.6. The SMILES string of the molecule is C[n+]1ccccc1C(=O)N1/C(=C2\C(=O)c3ccccc3N2C(O)c2cccc[n+]2C)C(=O)c2ccccc21. The van der Waals surface area contributed by atoms with Gasteiger partial charge in [-0.15, -0.1) is 0 Å². The predicted molar refractivity (Wildman–Crippen MR) is 138 cm³/mol. The minimum Gasteiger partial charge on any atom is -0.364 e. The number of allylic oxidation sites excluding steroid dienone is 2. The van der Waals surface area contributed by atoms with Crippen molar-refractivity contribution in [1.82, 2.24) is 0 Å². The molecule has 2 aromatic carbocycles. The number of hydrogen-bond donors (Lipinski definition) is 1. The fourth-order valence-electron chi connectivity index (χ4n) is 5.14. The Hall–Kier alpha value is -4.95. The summed E-state index contributed by atoms with van der Waals surface area (Å²) in [7, 11) is 3.53. The van der Waals surface area contributed by atoms with E-state index in [4.69, 9.17) is 0 Å². The van der Waals surface area contributed by atoms with E-state index < -0.39 is 23.7 Å². The Morgan fingerprint density at radius 1 is 0.711 bits per heavy atom. The topological polar surface area (TPSA) is 85.7 Å². The number of pyridine rings is 2. The van der Waals surface area contributed by atoms with Crippen LogP contribution in [0.25, 0.3) is 0 Å². The molecule has 0 aliphatic carbocycles. The molecule has 38 heavy (non-hydrogen) atoms. The molecule has 0 spiro atoms. The van der Waals surface area contributed by atoms with Crippen molar-refractivity contribution in [2.75, 3.05) is 9.80 Å². The maximum Gasteiger partial charge on any atom is 0.327 e. The highest BCUT2D eigenvalue weighted by Crippen LogP contribution is 2.45. The Morgan fingerprint density at radius 2 is 1.26 bits per heavy atom. The van der Waals surface area contributed by atoms with Crippen LogP contribution >= 0.6 is 0 Å². The first-order chi connectivity index (χ1) is 18.4. The molecule has 0 bridgehead atoms. The van der Waals surface area contributed by atoms with Gasteiger partial charge in [0.1, 0.15) is 25.5 Å². The van der Waals surface area contributed by atoms with Gasteiger partial charge in [0.15, 0.2) is 12.4 Å². The average molecular weight is 505 g/mol. The molecule has 6 rings (SSSR count). The van der Waals surface area contributed by atoms with Crippen LogP contribution in [0.15, 0.2) is 109 Å². The number of aliphatic hydroxyl groups excluding tert-OH is 1. The number of anilines is 2. The molecule has 1 atom stereocenters. The van der Waals surface area contributed by atoms with Crippen LogP contribution in [0.4, 0.5) is 11.4 Å². The number of aliphatic hydroxyl groups is 1. The number of fused-ring (bicyclic) bond motifs is 2.